The van der Waals surface area contributed by atoms with Crippen molar-refractivity contribution >= 4 is 33.0 Å². The Kier molecular flexibility index (Phi) is 3.23. The standard InChI is InChI=1S/C8H11ClN2O2S/c1-2-14(12,13)11-6-3-4-7(9)8(10)5-6/h3-5,11H,2,10H2,1H3. The summed E-state index contributed by atoms with van der Waals surface area (Å²) in [7, 11) is -3.25. The second kappa shape index (κ2) is 4.06. The zero-order valence-corrected chi connectivity index (χ0v) is 9.19. The molecule has 0 bridgehead atoms. The fraction of sp³-hybridized carbons (Fsp3) is 0.250. The van der Waals surface area contributed by atoms with Crippen LogP contribution in [0.4, 0.5) is 11.4 Å². The third-order valence-corrected chi connectivity index (χ3v) is 3.30. The quantitative estimate of drug-likeness (QED) is 0.782. The first-order valence-electron chi connectivity index (χ1n) is 4.00. The first-order chi connectivity index (χ1) is 6.44. The number of anilines is 2. The normalized spacial score (nSPS) is 11.3. The molecule has 0 atom stereocenters. The van der Waals surface area contributed by atoms with Crippen molar-refractivity contribution < 1.29 is 8.42 Å². The second-order valence-electron chi connectivity index (χ2n) is 2.74. The Balaban J connectivity index is 2.94. The molecule has 0 aromatic heterocycles. The molecule has 0 aliphatic rings. The monoisotopic (exact) mass is 234 g/mol. The summed E-state index contributed by atoms with van der Waals surface area (Å²) in [5, 5.41) is 0.407. The Morgan fingerprint density at radius 1 is 1.50 bits per heavy atom. The summed E-state index contributed by atoms with van der Waals surface area (Å²) in [6.07, 6.45) is 0. The molecule has 6 heteroatoms. The first kappa shape index (κ1) is 11.1. The van der Waals surface area contributed by atoms with Crippen molar-refractivity contribution in [2.75, 3.05) is 16.2 Å². The average molecular weight is 235 g/mol. The van der Waals surface area contributed by atoms with Crippen molar-refractivity contribution in [1.82, 2.24) is 0 Å². The molecule has 0 radical (unpaired) electrons. The van der Waals surface area contributed by atoms with Crippen LogP contribution in [0.25, 0.3) is 0 Å². The Hall–Kier alpha value is -0.940. The number of nitrogens with one attached hydrogen (secondary N) is 1. The summed E-state index contributed by atoms with van der Waals surface area (Å²) in [6.45, 7) is 1.56. The van der Waals surface area contributed by atoms with Gasteiger partial charge in [0, 0.05) is 0 Å². The van der Waals surface area contributed by atoms with Gasteiger partial charge in [0.1, 0.15) is 0 Å². The van der Waals surface area contributed by atoms with Crippen LogP contribution >= 0.6 is 11.6 Å². The van der Waals surface area contributed by atoms with Crippen LogP contribution in [0.5, 0.6) is 0 Å². The molecule has 0 unspecified atom stereocenters. The predicted octanol–water partition coefficient (Wildman–Crippen LogP) is 1.68. The fourth-order valence-electron chi connectivity index (χ4n) is 0.859. The number of benzene rings is 1. The van der Waals surface area contributed by atoms with Gasteiger partial charge in [0.25, 0.3) is 0 Å². The molecule has 0 aliphatic heterocycles. The molecule has 0 amide bonds. The van der Waals surface area contributed by atoms with Crippen LogP contribution in [0.15, 0.2) is 18.2 Å². The fourth-order valence-corrected chi connectivity index (χ4v) is 1.61. The Morgan fingerprint density at radius 3 is 2.64 bits per heavy atom. The molecule has 78 valence electrons. The van der Waals surface area contributed by atoms with Crippen molar-refractivity contribution in [1.29, 1.82) is 0 Å². The van der Waals surface area contributed by atoms with Gasteiger partial charge < -0.3 is 5.73 Å². The van der Waals surface area contributed by atoms with Crippen LogP contribution in [-0.4, -0.2) is 14.2 Å². The summed E-state index contributed by atoms with van der Waals surface area (Å²) in [5.74, 6) is 0.0233. The topological polar surface area (TPSA) is 72.2 Å². The molecule has 0 saturated carbocycles. The van der Waals surface area contributed by atoms with E-state index in [0.29, 0.717) is 16.4 Å². The molecule has 4 nitrogen and oxygen atoms in total. The maximum atomic E-state index is 11.2. The van der Waals surface area contributed by atoms with E-state index in [1.54, 1.807) is 19.1 Å². The Morgan fingerprint density at radius 2 is 2.14 bits per heavy atom. The third-order valence-electron chi connectivity index (χ3n) is 1.65. The van der Waals surface area contributed by atoms with Crippen molar-refractivity contribution in [3.05, 3.63) is 23.2 Å². The van der Waals surface area contributed by atoms with Crippen molar-refractivity contribution in [2.24, 2.45) is 0 Å². The van der Waals surface area contributed by atoms with E-state index in [-0.39, 0.29) is 5.75 Å². The minimum absolute atomic E-state index is 0.0233. The summed E-state index contributed by atoms with van der Waals surface area (Å²) in [5.41, 5.74) is 6.29. The number of halogens is 1. The van der Waals surface area contributed by atoms with Gasteiger partial charge in [0.05, 0.1) is 22.2 Å². The van der Waals surface area contributed by atoms with E-state index in [0.717, 1.165) is 0 Å². The number of rotatable bonds is 3. The Labute approximate surface area is 88.1 Å². The van der Waals surface area contributed by atoms with Crippen molar-refractivity contribution in [3.63, 3.8) is 0 Å². The SMILES string of the molecule is CCS(=O)(=O)Nc1ccc(Cl)c(N)c1. The summed E-state index contributed by atoms with van der Waals surface area (Å²) >= 11 is 5.68. The van der Waals surface area contributed by atoms with Gasteiger partial charge in [0.2, 0.25) is 10.0 Å². The van der Waals surface area contributed by atoms with Crippen LogP contribution in [0.1, 0.15) is 6.92 Å². The van der Waals surface area contributed by atoms with Gasteiger partial charge in [0.15, 0.2) is 0 Å². The lowest BCUT2D eigenvalue weighted by molar-refractivity contribution is 0.602. The van der Waals surface area contributed by atoms with E-state index in [1.807, 2.05) is 0 Å². The highest BCUT2D eigenvalue weighted by atomic mass is 35.5. The van der Waals surface area contributed by atoms with Crippen molar-refractivity contribution in [3.8, 4) is 0 Å². The van der Waals surface area contributed by atoms with E-state index >= 15 is 0 Å². The van der Waals surface area contributed by atoms with Crippen LogP contribution in [-0.2, 0) is 10.0 Å². The number of hydrogen-bond acceptors (Lipinski definition) is 3. The molecule has 1 aromatic rings. The minimum Gasteiger partial charge on any atom is -0.397 e. The smallest absolute Gasteiger partial charge is 0.232 e. The molecule has 0 saturated heterocycles. The molecule has 0 aliphatic carbocycles. The number of hydrogen-bond donors (Lipinski definition) is 2. The molecule has 0 fully saturated rings. The Bertz CT molecular complexity index is 431. The lowest BCUT2D eigenvalue weighted by atomic mass is 10.3. The summed E-state index contributed by atoms with van der Waals surface area (Å²) in [4.78, 5) is 0. The van der Waals surface area contributed by atoms with Gasteiger partial charge in [-0.05, 0) is 25.1 Å². The van der Waals surface area contributed by atoms with Crippen LogP contribution in [0, 0.1) is 0 Å². The first-order valence-corrected chi connectivity index (χ1v) is 6.03. The lowest BCUT2D eigenvalue weighted by Gasteiger charge is -2.06. The highest BCUT2D eigenvalue weighted by Crippen LogP contribution is 2.22. The largest absolute Gasteiger partial charge is 0.397 e. The maximum absolute atomic E-state index is 11.2. The third kappa shape index (κ3) is 2.78. The maximum Gasteiger partial charge on any atom is 0.232 e. The summed E-state index contributed by atoms with van der Waals surface area (Å²) < 4.78 is 24.7. The number of nitrogens with two attached hydrogens (primary N) is 1. The van der Waals surface area contributed by atoms with Crippen LogP contribution in [0.2, 0.25) is 5.02 Å². The highest BCUT2D eigenvalue weighted by Gasteiger charge is 2.07. The van der Waals surface area contributed by atoms with Gasteiger partial charge in [-0.15, -0.1) is 0 Å². The van der Waals surface area contributed by atoms with Crippen molar-refractivity contribution in [2.45, 2.75) is 6.92 Å². The molecule has 14 heavy (non-hydrogen) atoms. The van der Waals surface area contributed by atoms with Gasteiger partial charge in [-0.1, -0.05) is 11.6 Å². The lowest BCUT2D eigenvalue weighted by Crippen LogP contribution is -2.14. The van der Waals surface area contributed by atoms with E-state index in [9.17, 15) is 8.42 Å². The second-order valence-corrected chi connectivity index (χ2v) is 5.16. The van der Waals surface area contributed by atoms with Crippen LogP contribution < -0.4 is 10.5 Å². The molecule has 1 rings (SSSR count). The molecular weight excluding hydrogens is 224 g/mol. The molecule has 1 aromatic carbocycles. The molecular formula is C8H11ClN2O2S. The van der Waals surface area contributed by atoms with Crippen LogP contribution in [0.3, 0.4) is 0 Å². The molecule has 3 N–H and O–H groups in total. The number of nitrogen functional groups attached to an aromatic ring is 1. The predicted molar refractivity (Wildman–Crippen MR) is 58.9 cm³/mol. The van der Waals surface area contributed by atoms with E-state index < -0.39 is 10.0 Å². The zero-order valence-electron chi connectivity index (χ0n) is 7.62. The average Bonchev–Trinajstić information content (AvgIpc) is 2.11. The zero-order chi connectivity index (χ0) is 10.8. The minimum atomic E-state index is -3.25. The van der Waals surface area contributed by atoms with E-state index in [2.05, 4.69) is 4.72 Å². The van der Waals surface area contributed by atoms with Gasteiger partial charge >= 0.3 is 0 Å². The highest BCUT2D eigenvalue weighted by molar-refractivity contribution is 7.92. The van der Waals surface area contributed by atoms with E-state index in [1.165, 1.54) is 6.07 Å². The number of sulfonamides is 1. The molecule has 0 spiro atoms. The molecule has 0 heterocycles. The summed E-state index contributed by atoms with van der Waals surface area (Å²) in [6, 6.07) is 4.59. The van der Waals surface area contributed by atoms with Gasteiger partial charge in [-0.2, -0.15) is 0 Å². The van der Waals surface area contributed by atoms with Gasteiger partial charge in [-0.3, -0.25) is 4.72 Å². The van der Waals surface area contributed by atoms with Gasteiger partial charge in [-0.25, -0.2) is 8.42 Å². The van der Waals surface area contributed by atoms with E-state index in [4.69, 9.17) is 17.3 Å².